The Hall–Kier alpha value is -1.64. The predicted molar refractivity (Wildman–Crippen MR) is 90.3 cm³/mol. The highest BCUT2D eigenvalue weighted by Crippen LogP contribution is 2.39. The number of hydrogen-bond acceptors (Lipinski definition) is 2. The van der Waals surface area contributed by atoms with Crippen LogP contribution in [-0.2, 0) is 0 Å². The van der Waals surface area contributed by atoms with Crippen LogP contribution in [0.3, 0.4) is 0 Å². The van der Waals surface area contributed by atoms with Gasteiger partial charge >= 0.3 is 0 Å². The molecule has 0 aliphatic carbocycles. The van der Waals surface area contributed by atoms with E-state index in [1.54, 1.807) is 0 Å². The summed E-state index contributed by atoms with van der Waals surface area (Å²) >= 11 is 6.00. The van der Waals surface area contributed by atoms with Gasteiger partial charge in [-0.05, 0) is 37.2 Å². The molecule has 2 aromatic carbocycles. The van der Waals surface area contributed by atoms with Crippen molar-refractivity contribution in [1.29, 1.82) is 0 Å². The number of carbonyl (C=O) groups is 1. The molecule has 114 valence electrons. The fourth-order valence-electron chi connectivity index (χ4n) is 3.41. The summed E-state index contributed by atoms with van der Waals surface area (Å²) in [5.74, 6) is 0.264. The van der Waals surface area contributed by atoms with Gasteiger partial charge in [-0.1, -0.05) is 61.0 Å². The topological polar surface area (TPSA) is 20.3 Å². The van der Waals surface area contributed by atoms with Gasteiger partial charge in [0, 0.05) is 22.5 Å². The van der Waals surface area contributed by atoms with Gasteiger partial charge in [-0.2, -0.15) is 0 Å². The van der Waals surface area contributed by atoms with Crippen molar-refractivity contribution in [1.82, 2.24) is 4.90 Å². The molecule has 0 saturated carbocycles. The standard InChI is InChI=1S/C19H20ClNO/c1-2-21-13-12-17(19(22)15-6-4-3-5-7-15)18(21)14-8-10-16(20)11-9-14/h3-11,17-18H,2,12-13H2,1H3/t17-,18+/m1/s1. The number of Topliss-reactive ketones (excluding diaryl/α,β-unsaturated/α-hetero) is 1. The molecule has 22 heavy (non-hydrogen) atoms. The largest absolute Gasteiger partial charge is 0.296 e. The number of ketones is 1. The molecule has 0 N–H and O–H groups in total. The fourth-order valence-corrected chi connectivity index (χ4v) is 3.53. The van der Waals surface area contributed by atoms with E-state index in [1.807, 2.05) is 54.6 Å². The number of benzene rings is 2. The van der Waals surface area contributed by atoms with Crippen molar-refractivity contribution in [2.24, 2.45) is 5.92 Å². The molecule has 3 heteroatoms. The van der Waals surface area contributed by atoms with Gasteiger partial charge in [0.15, 0.2) is 5.78 Å². The second-order valence-corrected chi connectivity index (χ2v) is 6.19. The number of likely N-dealkylation sites (tertiary alicyclic amines) is 1. The fraction of sp³-hybridized carbons (Fsp3) is 0.316. The van der Waals surface area contributed by atoms with E-state index in [2.05, 4.69) is 11.8 Å². The van der Waals surface area contributed by atoms with E-state index in [0.29, 0.717) is 0 Å². The molecule has 3 rings (SSSR count). The van der Waals surface area contributed by atoms with Crippen LogP contribution in [0.15, 0.2) is 54.6 Å². The second kappa shape index (κ2) is 6.64. The molecule has 1 aliphatic rings. The highest BCUT2D eigenvalue weighted by Gasteiger charge is 2.38. The number of carbonyl (C=O) groups excluding carboxylic acids is 1. The molecular weight excluding hydrogens is 294 g/mol. The third-order valence-corrected chi connectivity index (χ3v) is 4.77. The summed E-state index contributed by atoms with van der Waals surface area (Å²) in [6.45, 7) is 4.07. The van der Waals surface area contributed by atoms with Crippen molar-refractivity contribution in [2.75, 3.05) is 13.1 Å². The number of rotatable bonds is 4. The number of halogens is 1. The zero-order valence-electron chi connectivity index (χ0n) is 12.7. The first-order chi connectivity index (χ1) is 10.7. The van der Waals surface area contributed by atoms with Gasteiger partial charge in [0.1, 0.15) is 0 Å². The molecule has 0 spiro atoms. The average molecular weight is 314 g/mol. The summed E-state index contributed by atoms with van der Waals surface area (Å²) in [7, 11) is 0. The molecule has 1 heterocycles. The lowest BCUT2D eigenvalue weighted by Crippen LogP contribution is -2.28. The minimum absolute atomic E-state index is 0.0172. The number of hydrogen-bond donors (Lipinski definition) is 0. The van der Waals surface area contributed by atoms with Crippen LogP contribution in [0.4, 0.5) is 0 Å². The molecule has 0 amide bonds. The SMILES string of the molecule is CCN1CC[C@@H](C(=O)c2ccccc2)[C@@H]1c1ccc(Cl)cc1. The van der Waals surface area contributed by atoms with Crippen LogP contribution < -0.4 is 0 Å². The molecule has 1 fully saturated rings. The van der Waals surface area contributed by atoms with Crippen LogP contribution in [0.25, 0.3) is 0 Å². The quantitative estimate of drug-likeness (QED) is 0.768. The first-order valence-electron chi connectivity index (χ1n) is 7.79. The Morgan fingerprint density at radius 3 is 2.45 bits per heavy atom. The van der Waals surface area contributed by atoms with E-state index in [0.717, 1.165) is 30.1 Å². The molecule has 2 atom stereocenters. The second-order valence-electron chi connectivity index (χ2n) is 5.75. The Bertz CT molecular complexity index is 638. The minimum Gasteiger partial charge on any atom is -0.296 e. The van der Waals surface area contributed by atoms with Crippen molar-refractivity contribution >= 4 is 17.4 Å². The van der Waals surface area contributed by atoms with Gasteiger partial charge in [-0.15, -0.1) is 0 Å². The van der Waals surface area contributed by atoms with Crippen LogP contribution in [-0.4, -0.2) is 23.8 Å². The Kier molecular flexibility index (Phi) is 4.60. The lowest BCUT2D eigenvalue weighted by Gasteiger charge is -2.27. The predicted octanol–water partition coefficient (Wildman–Crippen LogP) is 4.61. The van der Waals surface area contributed by atoms with Crippen molar-refractivity contribution in [3.63, 3.8) is 0 Å². The third kappa shape index (κ3) is 2.94. The van der Waals surface area contributed by atoms with Crippen molar-refractivity contribution in [3.05, 3.63) is 70.7 Å². The van der Waals surface area contributed by atoms with Gasteiger partial charge in [0.05, 0.1) is 0 Å². The Labute approximate surface area is 136 Å². The Morgan fingerprint density at radius 2 is 1.82 bits per heavy atom. The van der Waals surface area contributed by atoms with Gasteiger partial charge in [0.25, 0.3) is 0 Å². The highest BCUT2D eigenvalue weighted by atomic mass is 35.5. The summed E-state index contributed by atoms with van der Waals surface area (Å²) in [4.78, 5) is 15.3. The lowest BCUT2D eigenvalue weighted by atomic mass is 9.87. The van der Waals surface area contributed by atoms with Crippen molar-refractivity contribution < 1.29 is 4.79 Å². The first kappa shape index (κ1) is 15.3. The molecule has 0 bridgehead atoms. The van der Waals surface area contributed by atoms with E-state index < -0.39 is 0 Å². The van der Waals surface area contributed by atoms with Crippen LogP contribution in [0.2, 0.25) is 5.02 Å². The summed E-state index contributed by atoms with van der Waals surface area (Å²) in [5, 5.41) is 0.732. The summed E-state index contributed by atoms with van der Waals surface area (Å²) in [6.07, 6.45) is 0.912. The molecule has 1 saturated heterocycles. The Morgan fingerprint density at radius 1 is 1.14 bits per heavy atom. The van der Waals surface area contributed by atoms with E-state index in [1.165, 1.54) is 5.56 Å². The smallest absolute Gasteiger partial charge is 0.167 e. The molecule has 0 radical (unpaired) electrons. The maximum Gasteiger partial charge on any atom is 0.167 e. The van der Waals surface area contributed by atoms with Gasteiger partial charge in [0.2, 0.25) is 0 Å². The summed E-state index contributed by atoms with van der Waals surface area (Å²) < 4.78 is 0. The Balaban J connectivity index is 1.92. The zero-order chi connectivity index (χ0) is 15.5. The highest BCUT2D eigenvalue weighted by molar-refractivity contribution is 6.30. The average Bonchev–Trinajstić information content (AvgIpc) is 2.99. The molecule has 2 nitrogen and oxygen atoms in total. The maximum atomic E-state index is 12.9. The van der Waals surface area contributed by atoms with E-state index in [9.17, 15) is 4.79 Å². The lowest BCUT2D eigenvalue weighted by molar-refractivity contribution is 0.0883. The summed E-state index contributed by atoms with van der Waals surface area (Å²) in [5.41, 5.74) is 1.99. The monoisotopic (exact) mass is 313 g/mol. The third-order valence-electron chi connectivity index (χ3n) is 4.51. The first-order valence-corrected chi connectivity index (χ1v) is 8.17. The van der Waals surface area contributed by atoms with Crippen molar-refractivity contribution in [3.8, 4) is 0 Å². The molecule has 1 aliphatic heterocycles. The van der Waals surface area contributed by atoms with Gasteiger partial charge in [-0.3, -0.25) is 9.69 Å². The molecule has 2 aromatic rings. The number of nitrogens with zero attached hydrogens (tertiary/aromatic N) is 1. The normalized spacial score (nSPS) is 21.9. The molecule has 0 aromatic heterocycles. The van der Waals surface area contributed by atoms with Crippen LogP contribution in [0.1, 0.15) is 35.3 Å². The van der Waals surface area contributed by atoms with Gasteiger partial charge in [-0.25, -0.2) is 0 Å². The van der Waals surface area contributed by atoms with Crippen LogP contribution in [0, 0.1) is 5.92 Å². The van der Waals surface area contributed by atoms with Crippen molar-refractivity contribution in [2.45, 2.75) is 19.4 Å². The van der Waals surface area contributed by atoms with E-state index >= 15 is 0 Å². The van der Waals surface area contributed by atoms with Crippen LogP contribution >= 0.6 is 11.6 Å². The van der Waals surface area contributed by atoms with E-state index in [-0.39, 0.29) is 17.7 Å². The van der Waals surface area contributed by atoms with Crippen LogP contribution in [0.5, 0.6) is 0 Å². The minimum atomic E-state index is 0.0172. The van der Waals surface area contributed by atoms with Gasteiger partial charge < -0.3 is 0 Å². The molecule has 0 unspecified atom stereocenters. The van der Waals surface area contributed by atoms with E-state index in [4.69, 9.17) is 11.6 Å². The molecular formula is C19H20ClNO. The zero-order valence-corrected chi connectivity index (χ0v) is 13.5. The maximum absolute atomic E-state index is 12.9. The summed E-state index contributed by atoms with van der Waals surface area (Å²) in [6, 6.07) is 17.7.